The highest BCUT2D eigenvalue weighted by Gasteiger charge is 2.17. The molecule has 0 saturated heterocycles. The Morgan fingerprint density at radius 3 is 2.86 bits per heavy atom. The molecular formula is C21H23N5O3. The number of rotatable bonds is 8. The quantitative estimate of drug-likeness (QED) is 0.435. The fraction of sp³-hybridized carbons (Fsp3) is 0.190. The van der Waals surface area contributed by atoms with Crippen molar-refractivity contribution in [3.63, 3.8) is 0 Å². The Kier molecular flexibility index (Phi) is 6.25. The van der Waals surface area contributed by atoms with Gasteiger partial charge in [0.1, 0.15) is 17.1 Å². The number of fused-ring (bicyclic) bond motifs is 1. The number of carbonyl (C=O) groups excluding carboxylic acids is 1. The highest BCUT2D eigenvalue weighted by molar-refractivity contribution is 6.08. The minimum Gasteiger partial charge on any atom is -0.497 e. The SMILES string of the molecule is COc1cccc(CNC(=O)c2cc3ccc(C(C=N)=CN)nc3n2CCO)c1. The van der Waals surface area contributed by atoms with Crippen molar-refractivity contribution in [2.75, 3.05) is 13.7 Å². The first-order chi connectivity index (χ1) is 14.1. The molecule has 3 rings (SSSR count). The van der Waals surface area contributed by atoms with Gasteiger partial charge in [0.05, 0.1) is 19.4 Å². The second kappa shape index (κ2) is 9.03. The fourth-order valence-corrected chi connectivity index (χ4v) is 3.07. The van der Waals surface area contributed by atoms with Crippen LogP contribution in [0.1, 0.15) is 21.7 Å². The summed E-state index contributed by atoms with van der Waals surface area (Å²) >= 11 is 0. The van der Waals surface area contributed by atoms with E-state index < -0.39 is 0 Å². The molecule has 8 heteroatoms. The number of benzene rings is 1. The predicted molar refractivity (Wildman–Crippen MR) is 112 cm³/mol. The number of methoxy groups -OCH3 is 1. The van der Waals surface area contributed by atoms with Crippen LogP contribution in [0.15, 0.2) is 48.7 Å². The zero-order valence-electron chi connectivity index (χ0n) is 16.1. The number of ether oxygens (including phenoxy) is 1. The van der Waals surface area contributed by atoms with E-state index in [1.165, 1.54) is 6.20 Å². The van der Waals surface area contributed by atoms with Crippen molar-refractivity contribution in [3.05, 3.63) is 65.6 Å². The van der Waals surface area contributed by atoms with Crippen LogP contribution >= 0.6 is 0 Å². The van der Waals surface area contributed by atoms with Crippen LogP contribution in [0.5, 0.6) is 5.75 Å². The fourth-order valence-electron chi connectivity index (χ4n) is 3.07. The first-order valence-corrected chi connectivity index (χ1v) is 9.06. The van der Waals surface area contributed by atoms with E-state index in [1.54, 1.807) is 23.8 Å². The van der Waals surface area contributed by atoms with E-state index in [0.717, 1.165) is 22.9 Å². The summed E-state index contributed by atoms with van der Waals surface area (Å²) in [6, 6.07) is 12.8. The van der Waals surface area contributed by atoms with Crippen molar-refractivity contribution in [1.82, 2.24) is 14.9 Å². The van der Waals surface area contributed by atoms with Gasteiger partial charge in [0.25, 0.3) is 5.91 Å². The Morgan fingerprint density at radius 2 is 2.17 bits per heavy atom. The molecule has 0 saturated carbocycles. The standard InChI is InChI=1S/C21H23N5O3/c1-29-17-4-2-3-14(9-17)13-24-21(28)19-10-15-5-6-18(16(11-22)12-23)25-20(15)26(19)7-8-27/h2-6,9-12,22,27H,7-8,13,23H2,1H3,(H,24,28). The Bertz CT molecular complexity index is 1070. The minimum absolute atomic E-state index is 0.143. The van der Waals surface area contributed by atoms with Crippen molar-refractivity contribution in [2.24, 2.45) is 5.73 Å². The van der Waals surface area contributed by atoms with Crippen LogP contribution in [-0.4, -0.2) is 40.5 Å². The molecule has 0 atom stereocenters. The molecule has 2 aromatic heterocycles. The Hall–Kier alpha value is -3.65. The number of amides is 1. The van der Waals surface area contributed by atoms with Gasteiger partial charge in [0.15, 0.2) is 0 Å². The van der Waals surface area contributed by atoms with Gasteiger partial charge in [-0.2, -0.15) is 0 Å². The maximum atomic E-state index is 12.8. The van der Waals surface area contributed by atoms with Crippen LogP contribution < -0.4 is 15.8 Å². The molecule has 5 N–H and O–H groups in total. The molecule has 0 aliphatic rings. The third-order valence-electron chi connectivity index (χ3n) is 4.52. The van der Waals surface area contributed by atoms with Gasteiger partial charge in [-0.05, 0) is 35.9 Å². The Morgan fingerprint density at radius 1 is 1.34 bits per heavy atom. The number of nitrogens with one attached hydrogen (secondary N) is 2. The lowest BCUT2D eigenvalue weighted by Gasteiger charge is -2.10. The van der Waals surface area contributed by atoms with Gasteiger partial charge in [-0.15, -0.1) is 0 Å². The van der Waals surface area contributed by atoms with Crippen molar-refractivity contribution >= 4 is 28.7 Å². The van der Waals surface area contributed by atoms with Gasteiger partial charge in [-0.1, -0.05) is 12.1 Å². The molecule has 0 spiro atoms. The average Bonchev–Trinajstić information content (AvgIpc) is 3.11. The smallest absolute Gasteiger partial charge is 0.268 e. The number of nitrogens with zero attached hydrogens (tertiary/aromatic N) is 2. The molecule has 0 aliphatic heterocycles. The topological polar surface area (TPSA) is 126 Å². The van der Waals surface area contributed by atoms with E-state index in [1.807, 2.05) is 30.3 Å². The van der Waals surface area contributed by atoms with Crippen LogP contribution in [0.3, 0.4) is 0 Å². The van der Waals surface area contributed by atoms with Gasteiger partial charge in [0, 0.05) is 36.5 Å². The summed E-state index contributed by atoms with van der Waals surface area (Å²) in [5, 5.41) is 20.6. The maximum Gasteiger partial charge on any atom is 0.268 e. The normalized spacial score (nSPS) is 11.4. The maximum absolute atomic E-state index is 12.8. The Balaban J connectivity index is 1.91. The summed E-state index contributed by atoms with van der Waals surface area (Å²) in [6.07, 6.45) is 2.43. The minimum atomic E-state index is -0.275. The molecule has 1 amide bonds. The van der Waals surface area contributed by atoms with Crippen LogP contribution in [0.2, 0.25) is 0 Å². The number of aromatic nitrogens is 2. The lowest BCUT2D eigenvalue weighted by molar-refractivity contribution is 0.0940. The van der Waals surface area contributed by atoms with Crippen LogP contribution in [-0.2, 0) is 13.1 Å². The third-order valence-corrected chi connectivity index (χ3v) is 4.52. The molecule has 150 valence electrons. The van der Waals surface area contributed by atoms with Crippen molar-refractivity contribution in [3.8, 4) is 5.75 Å². The number of hydrogen-bond acceptors (Lipinski definition) is 6. The van der Waals surface area contributed by atoms with E-state index in [9.17, 15) is 9.90 Å². The molecule has 0 bridgehead atoms. The van der Waals surface area contributed by atoms with E-state index in [4.69, 9.17) is 15.9 Å². The lowest BCUT2D eigenvalue weighted by Crippen LogP contribution is -2.26. The summed E-state index contributed by atoms with van der Waals surface area (Å²) < 4.78 is 6.87. The van der Waals surface area contributed by atoms with Crippen molar-refractivity contribution in [1.29, 1.82) is 5.41 Å². The van der Waals surface area contributed by atoms with Gasteiger partial charge < -0.3 is 30.9 Å². The van der Waals surface area contributed by atoms with Gasteiger partial charge in [0.2, 0.25) is 0 Å². The summed E-state index contributed by atoms with van der Waals surface area (Å²) in [4.78, 5) is 17.4. The van der Waals surface area contributed by atoms with E-state index in [2.05, 4.69) is 10.3 Å². The van der Waals surface area contributed by atoms with Gasteiger partial charge in [-0.25, -0.2) is 4.98 Å². The molecular weight excluding hydrogens is 370 g/mol. The first kappa shape index (κ1) is 20.1. The summed E-state index contributed by atoms with van der Waals surface area (Å²) in [5.41, 5.74) is 8.39. The van der Waals surface area contributed by atoms with Gasteiger partial charge in [-0.3, -0.25) is 4.79 Å². The molecule has 0 fully saturated rings. The number of aliphatic hydroxyl groups excluding tert-OH is 1. The molecule has 0 aliphatic carbocycles. The first-order valence-electron chi connectivity index (χ1n) is 9.06. The van der Waals surface area contributed by atoms with Crippen molar-refractivity contribution < 1.29 is 14.6 Å². The number of nitrogens with two attached hydrogens (primary N) is 1. The number of pyridine rings is 1. The number of allylic oxidation sites excluding steroid dienone is 1. The molecule has 0 radical (unpaired) electrons. The van der Waals surface area contributed by atoms with E-state index in [-0.39, 0.29) is 19.1 Å². The molecule has 8 nitrogen and oxygen atoms in total. The second-order valence-corrected chi connectivity index (χ2v) is 6.31. The average molecular weight is 393 g/mol. The van der Waals surface area contributed by atoms with E-state index in [0.29, 0.717) is 29.2 Å². The Labute approximate surface area is 168 Å². The molecule has 29 heavy (non-hydrogen) atoms. The van der Waals surface area contributed by atoms with Crippen molar-refractivity contribution in [2.45, 2.75) is 13.1 Å². The number of hydrogen-bond donors (Lipinski definition) is 4. The van der Waals surface area contributed by atoms with Crippen LogP contribution in [0.25, 0.3) is 16.6 Å². The summed E-state index contributed by atoms with van der Waals surface area (Å²) in [6.45, 7) is 0.410. The number of aliphatic hydroxyl groups is 1. The predicted octanol–water partition coefficient (Wildman–Crippen LogP) is 1.92. The zero-order valence-corrected chi connectivity index (χ0v) is 16.1. The molecule has 0 unspecified atom stereocenters. The van der Waals surface area contributed by atoms with Gasteiger partial charge >= 0.3 is 0 Å². The number of carbonyl (C=O) groups is 1. The molecule has 1 aromatic carbocycles. The molecule has 3 aromatic rings. The summed E-state index contributed by atoms with van der Waals surface area (Å²) in [7, 11) is 1.59. The highest BCUT2D eigenvalue weighted by atomic mass is 16.5. The zero-order chi connectivity index (χ0) is 20.8. The summed E-state index contributed by atoms with van der Waals surface area (Å²) in [5.74, 6) is 0.445. The third kappa shape index (κ3) is 4.27. The highest BCUT2D eigenvalue weighted by Crippen LogP contribution is 2.21. The molecule has 2 heterocycles. The lowest BCUT2D eigenvalue weighted by atomic mass is 10.2. The second-order valence-electron chi connectivity index (χ2n) is 6.31. The van der Waals surface area contributed by atoms with E-state index >= 15 is 0 Å². The largest absolute Gasteiger partial charge is 0.497 e. The van der Waals surface area contributed by atoms with Crippen LogP contribution in [0, 0.1) is 5.41 Å². The monoisotopic (exact) mass is 393 g/mol. The van der Waals surface area contributed by atoms with Crippen LogP contribution in [0.4, 0.5) is 0 Å².